The number of hydrogen-bond acceptors (Lipinski definition) is 2. The van der Waals surface area contributed by atoms with Gasteiger partial charge in [0.1, 0.15) is 11.6 Å². The molecule has 1 saturated heterocycles. The van der Waals surface area contributed by atoms with Gasteiger partial charge in [-0.25, -0.2) is 13.6 Å². The van der Waals surface area contributed by atoms with Gasteiger partial charge in [-0.1, -0.05) is 29.8 Å². The fraction of sp³-hybridized carbons (Fsp3) is 0.269. The Labute approximate surface area is 196 Å². The van der Waals surface area contributed by atoms with E-state index >= 15 is 0 Å². The molecule has 0 aliphatic carbocycles. The lowest BCUT2D eigenvalue weighted by atomic mass is 9.74. The van der Waals surface area contributed by atoms with Crippen LogP contribution in [-0.4, -0.2) is 30.6 Å². The highest BCUT2D eigenvalue weighted by atomic mass is 35.5. The molecule has 7 heteroatoms. The van der Waals surface area contributed by atoms with Crippen LogP contribution in [0, 0.1) is 11.6 Å². The number of fused-ring (bicyclic) bond motifs is 2. The van der Waals surface area contributed by atoms with E-state index in [1.165, 1.54) is 12.1 Å². The monoisotopic (exact) mass is 467 g/mol. The third-order valence-electron chi connectivity index (χ3n) is 6.71. The first-order valence-corrected chi connectivity index (χ1v) is 11.4. The summed E-state index contributed by atoms with van der Waals surface area (Å²) in [4.78, 5) is 17.2. The van der Waals surface area contributed by atoms with E-state index in [0.29, 0.717) is 23.8 Å². The topological polar surface area (TPSA) is 35.6 Å². The molecule has 4 nitrogen and oxygen atoms in total. The Bertz CT molecular complexity index is 1190. The van der Waals surface area contributed by atoms with E-state index in [2.05, 4.69) is 10.2 Å². The number of carbonyl (C=O) groups excluding carboxylic acids is 1. The largest absolute Gasteiger partial charge is 0.326 e. The summed E-state index contributed by atoms with van der Waals surface area (Å²) in [7, 11) is 0. The summed E-state index contributed by atoms with van der Waals surface area (Å²) in [6, 6.07) is 18.1. The van der Waals surface area contributed by atoms with Crippen LogP contribution in [0.25, 0.3) is 0 Å². The molecule has 2 amide bonds. The first kappa shape index (κ1) is 21.9. The Kier molecular flexibility index (Phi) is 5.81. The number of halogens is 3. The molecule has 0 atom stereocenters. The summed E-state index contributed by atoms with van der Waals surface area (Å²) < 4.78 is 27.8. The number of likely N-dealkylation sites (tertiary alicyclic amines) is 1. The smallest absolute Gasteiger partial charge is 0.307 e. The zero-order valence-electron chi connectivity index (χ0n) is 18.0. The van der Waals surface area contributed by atoms with Crippen LogP contribution in [0.3, 0.4) is 0 Å². The first-order chi connectivity index (χ1) is 15.9. The number of carbonyl (C=O) groups is 1. The summed E-state index contributed by atoms with van der Waals surface area (Å²) in [5.74, 6) is -0.532. The zero-order chi connectivity index (χ0) is 23.0. The standard InChI is InChI=1S/C26H24ClF2N3O/c27-19-4-2-6-22(14-19)30-25(33)32-17-26(23-15-21(29)7-8-24(23)32)9-11-31(12-10-26)16-18-3-1-5-20(28)13-18/h1-8,13-15H,9-12,16-17H2,(H,30,33). The SMILES string of the molecule is O=C(Nc1cccc(Cl)c1)N1CC2(CCN(Cc3cccc(F)c3)CC2)c2cc(F)ccc21. The summed E-state index contributed by atoms with van der Waals surface area (Å²) in [5, 5.41) is 3.45. The fourth-order valence-corrected chi connectivity index (χ4v) is 5.23. The summed E-state index contributed by atoms with van der Waals surface area (Å²) in [6.07, 6.45) is 1.58. The number of benzene rings is 3. The van der Waals surface area contributed by atoms with Crippen molar-refractivity contribution in [2.75, 3.05) is 29.9 Å². The maximum atomic E-state index is 14.2. The van der Waals surface area contributed by atoms with Gasteiger partial charge in [-0.15, -0.1) is 0 Å². The van der Waals surface area contributed by atoms with Crippen LogP contribution in [0.15, 0.2) is 66.7 Å². The second-order valence-corrected chi connectivity index (χ2v) is 9.31. The lowest BCUT2D eigenvalue weighted by Gasteiger charge is -2.40. The van der Waals surface area contributed by atoms with E-state index in [1.807, 2.05) is 6.07 Å². The highest BCUT2D eigenvalue weighted by Crippen LogP contribution is 2.47. The van der Waals surface area contributed by atoms with Crippen LogP contribution >= 0.6 is 11.6 Å². The second kappa shape index (κ2) is 8.76. The number of urea groups is 1. The molecule has 1 fully saturated rings. The number of nitrogens with zero attached hydrogens (tertiary/aromatic N) is 2. The summed E-state index contributed by atoms with van der Waals surface area (Å²) >= 11 is 6.05. The molecular formula is C26H24ClF2N3O. The summed E-state index contributed by atoms with van der Waals surface area (Å²) in [5.41, 5.74) is 2.87. The fourth-order valence-electron chi connectivity index (χ4n) is 5.04. The normalized spacial score (nSPS) is 17.2. The summed E-state index contributed by atoms with van der Waals surface area (Å²) in [6.45, 7) is 2.74. The molecule has 0 saturated carbocycles. The number of amides is 2. The molecule has 0 unspecified atom stereocenters. The number of anilines is 2. The Morgan fingerprint density at radius 3 is 2.48 bits per heavy atom. The van der Waals surface area contributed by atoms with Crippen molar-refractivity contribution < 1.29 is 13.6 Å². The molecule has 0 radical (unpaired) electrons. The molecule has 33 heavy (non-hydrogen) atoms. The van der Waals surface area contributed by atoms with Crippen molar-refractivity contribution in [2.24, 2.45) is 0 Å². The van der Waals surface area contributed by atoms with Gasteiger partial charge in [-0.2, -0.15) is 0 Å². The van der Waals surface area contributed by atoms with Crippen LogP contribution in [0.5, 0.6) is 0 Å². The molecule has 170 valence electrons. The average molecular weight is 468 g/mol. The van der Waals surface area contributed by atoms with Gasteiger partial charge < -0.3 is 5.32 Å². The van der Waals surface area contributed by atoms with Crippen molar-refractivity contribution in [1.29, 1.82) is 0 Å². The molecule has 1 N–H and O–H groups in total. The molecule has 0 aromatic heterocycles. The highest BCUT2D eigenvalue weighted by Gasteiger charge is 2.46. The van der Waals surface area contributed by atoms with E-state index in [-0.39, 0.29) is 23.1 Å². The first-order valence-electron chi connectivity index (χ1n) is 11.0. The minimum Gasteiger partial charge on any atom is -0.307 e. The molecular weight excluding hydrogens is 444 g/mol. The van der Waals surface area contributed by atoms with E-state index in [4.69, 9.17) is 11.6 Å². The molecule has 5 rings (SSSR count). The minimum atomic E-state index is -0.304. The van der Waals surface area contributed by atoms with Gasteiger partial charge in [0.2, 0.25) is 0 Å². The lowest BCUT2D eigenvalue weighted by Crippen LogP contribution is -2.46. The van der Waals surface area contributed by atoms with Crippen molar-refractivity contribution >= 4 is 29.0 Å². The molecule has 2 heterocycles. The van der Waals surface area contributed by atoms with Crippen molar-refractivity contribution in [3.8, 4) is 0 Å². The lowest BCUT2D eigenvalue weighted by molar-refractivity contribution is 0.159. The van der Waals surface area contributed by atoms with Gasteiger partial charge in [0.15, 0.2) is 0 Å². The Morgan fingerprint density at radius 1 is 0.970 bits per heavy atom. The zero-order valence-corrected chi connectivity index (χ0v) is 18.8. The number of nitrogens with one attached hydrogen (secondary N) is 1. The van der Waals surface area contributed by atoms with Crippen LogP contribution in [0.4, 0.5) is 25.0 Å². The Hall–Kier alpha value is -2.96. The van der Waals surface area contributed by atoms with Crippen LogP contribution in [-0.2, 0) is 12.0 Å². The van der Waals surface area contributed by atoms with Crippen LogP contribution < -0.4 is 10.2 Å². The minimum absolute atomic E-state index is 0.234. The van der Waals surface area contributed by atoms with Crippen molar-refractivity contribution in [1.82, 2.24) is 4.90 Å². The van der Waals surface area contributed by atoms with Gasteiger partial charge in [0, 0.05) is 34.9 Å². The van der Waals surface area contributed by atoms with E-state index in [9.17, 15) is 13.6 Å². The van der Waals surface area contributed by atoms with Gasteiger partial charge >= 0.3 is 6.03 Å². The third kappa shape index (κ3) is 4.45. The maximum absolute atomic E-state index is 14.2. The third-order valence-corrected chi connectivity index (χ3v) is 6.95. The highest BCUT2D eigenvalue weighted by molar-refractivity contribution is 6.30. The van der Waals surface area contributed by atoms with Crippen molar-refractivity contribution in [3.63, 3.8) is 0 Å². The van der Waals surface area contributed by atoms with Gasteiger partial charge in [-0.3, -0.25) is 9.80 Å². The Balaban J connectivity index is 1.35. The second-order valence-electron chi connectivity index (χ2n) is 8.87. The molecule has 2 aliphatic heterocycles. The quantitative estimate of drug-likeness (QED) is 0.497. The molecule has 3 aromatic rings. The van der Waals surface area contributed by atoms with E-state index in [0.717, 1.165) is 42.7 Å². The number of piperidine rings is 1. The predicted molar refractivity (Wildman–Crippen MR) is 127 cm³/mol. The predicted octanol–water partition coefficient (Wildman–Crippen LogP) is 6.20. The van der Waals surface area contributed by atoms with Crippen LogP contribution in [0.2, 0.25) is 5.02 Å². The van der Waals surface area contributed by atoms with Crippen molar-refractivity contribution in [2.45, 2.75) is 24.8 Å². The Morgan fingerprint density at radius 2 is 1.73 bits per heavy atom. The van der Waals surface area contributed by atoms with Crippen LogP contribution in [0.1, 0.15) is 24.0 Å². The van der Waals surface area contributed by atoms with E-state index < -0.39 is 0 Å². The molecule has 3 aromatic carbocycles. The molecule has 2 aliphatic rings. The van der Waals surface area contributed by atoms with Gasteiger partial charge in [-0.05, 0) is 85.6 Å². The molecule has 0 bridgehead atoms. The maximum Gasteiger partial charge on any atom is 0.326 e. The molecule has 1 spiro atoms. The number of rotatable bonds is 3. The van der Waals surface area contributed by atoms with Crippen molar-refractivity contribution in [3.05, 3.63) is 94.5 Å². The average Bonchev–Trinajstić information content (AvgIpc) is 3.09. The number of hydrogen-bond donors (Lipinski definition) is 1. The van der Waals surface area contributed by atoms with E-state index in [1.54, 1.807) is 53.4 Å². The van der Waals surface area contributed by atoms with Gasteiger partial charge in [0.05, 0.1) is 0 Å². The van der Waals surface area contributed by atoms with Gasteiger partial charge in [0.25, 0.3) is 0 Å².